The molecule has 1 heterocycles. The van der Waals surface area contributed by atoms with E-state index in [1.807, 2.05) is 0 Å². The van der Waals surface area contributed by atoms with Crippen LogP contribution in [0.1, 0.15) is 74.9 Å². The zero-order valence-corrected chi connectivity index (χ0v) is 55.7. The summed E-state index contributed by atoms with van der Waals surface area (Å²) in [5.41, 5.74) is 1.58. The number of esters is 6. The molecule has 0 fully saturated rings. The molecule has 0 unspecified atom stereocenters. The Balaban J connectivity index is 1.79. The normalized spacial score (nSPS) is 17.1. The Morgan fingerprint density at radius 1 is 0.260 bits per heavy atom. The fraction of sp³-hybridized carbons (Fsp3) is 0.0833. The first-order valence-corrected chi connectivity index (χ1v) is 33.4. The summed E-state index contributed by atoms with van der Waals surface area (Å²) in [7, 11) is -15.1. The number of allylic oxidation sites excluding steroid dienone is 6. The Morgan fingerprint density at radius 3 is 0.531 bits per heavy atom. The third-order valence-corrected chi connectivity index (χ3v) is 20.3. The molecule has 0 saturated carbocycles. The first-order chi connectivity index (χ1) is 46.0. The van der Waals surface area contributed by atoms with Crippen LogP contribution in [-0.2, 0) is 57.2 Å². The third-order valence-electron chi connectivity index (χ3n) is 12.2. The van der Waals surface area contributed by atoms with E-state index in [4.69, 9.17) is 69.1 Å². The molecular weight excluding hydrogens is 1290 g/mol. The lowest BCUT2D eigenvalue weighted by Gasteiger charge is -2.34. The van der Waals surface area contributed by atoms with Gasteiger partial charge in [-0.15, -0.1) is 0 Å². The Hall–Kier alpha value is -11.5. The summed E-state index contributed by atoms with van der Waals surface area (Å²) < 4.78 is 94.2. The van der Waals surface area contributed by atoms with E-state index in [0.717, 1.165) is 36.5 Å². The van der Waals surface area contributed by atoms with Crippen molar-refractivity contribution in [3.8, 4) is 34.5 Å². The van der Waals surface area contributed by atoms with Gasteiger partial charge in [0.15, 0.2) is 0 Å². The van der Waals surface area contributed by atoms with Gasteiger partial charge in [0, 0.05) is 69.8 Å². The van der Waals surface area contributed by atoms with E-state index in [9.17, 15) is 28.8 Å². The van der Waals surface area contributed by atoms with Gasteiger partial charge in [0.25, 0.3) is 0 Å². The number of carbonyl (C=O) groups excluding carboxylic acids is 6. The third kappa shape index (κ3) is 20.8. The van der Waals surface area contributed by atoms with Crippen LogP contribution < -0.4 is 27.1 Å². The topological polar surface area (TPSA) is 250 Å². The maximum absolute atomic E-state index is 12.7. The molecular formula is C72H66N3O18P3. The van der Waals surface area contributed by atoms with E-state index in [0.29, 0.717) is 0 Å². The molecule has 0 saturated heterocycles. The molecule has 1 aliphatic rings. The fourth-order valence-corrected chi connectivity index (χ4v) is 17.5. The zero-order valence-electron chi connectivity index (χ0n) is 53.1. The molecule has 0 atom stereocenters. The second-order valence-electron chi connectivity index (χ2n) is 19.8. The summed E-state index contributed by atoms with van der Waals surface area (Å²) in [6.45, 7) is 30.4. The zero-order chi connectivity index (χ0) is 69.4. The Bertz CT molecular complexity index is 3750. The Kier molecular flexibility index (Phi) is 25.4. The lowest BCUT2D eigenvalue weighted by molar-refractivity contribution is -0.134. The molecule has 0 radical (unpaired) electrons. The van der Waals surface area contributed by atoms with Crippen molar-refractivity contribution in [2.45, 2.75) is 41.5 Å². The monoisotopic (exact) mass is 1350 g/mol. The van der Waals surface area contributed by atoms with Crippen LogP contribution in [0.25, 0.3) is 36.5 Å². The highest BCUT2D eigenvalue weighted by Crippen LogP contribution is 2.79. The molecule has 6 aromatic rings. The van der Waals surface area contributed by atoms with Gasteiger partial charge < -0.3 is 55.6 Å². The highest BCUT2D eigenvalue weighted by molar-refractivity contribution is 7.79. The van der Waals surface area contributed by atoms with Gasteiger partial charge in [-0.05, 0) is 114 Å². The minimum atomic E-state index is -5.03. The number of nitrogens with zero attached hydrogens (tertiary/aromatic N) is 3. The molecule has 492 valence electrons. The van der Waals surface area contributed by atoms with Crippen molar-refractivity contribution in [3.05, 3.63) is 289 Å². The van der Waals surface area contributed by atoms with Crippen LogP contribution in [0.5, 0.6) is 34.5 Å². The van der Waals surface area contributed by atoms with Gasteiger partial charge in [-0.3, -0.25) is 0 Å². The standard InChI is InChI=1S/C72H66N3O18P3/c1-13-67(76)82-49(7)43-55-31-19-25-37-61(55)88-94(89-62-38-26-20-32-56(62)44-50(8)83-68(77)14-2)73-95(90-63-39-27-21-33-57(63)45-51(9)84-69(78)15-3,91-64-40-28-22-34-58(64)46-52(10)85-70(79)16-4)75-96(74-94,92-65-41-29-23-35-59(65)47-53(11)86-71(80)17-5)93-66-42-30-24-36-60(66)48-54(12)87-72(81)18-6/h13-48H,1-6H2,7-12H3. The summed E-state index contributed by atoms with van der Waals surface area (Å²) in [5.74, 6) is -4.16. The van der Waals surface area contributed by atoms with Crippen molar-refractivity contribution in [2.75, 3.05) is 0 Å². The molecule has 0 bridgehead atoms. The fourth-order valence-electron chi connectivity index (χ4n) is 8.32. The maximum Gasteiger partial charge on any atom is 0.460 e. The molecule has 6 aromatic carbocycles. The molecule has 0 aliphatic carbocycles. The Morgan fingerprint density at radius 2 is 0.396 bits per heavy atom. The molecule has 96 heavy (non-hydrogen) atoms. The number of carbonyl (C=O) groups is 6. The predicted molar refractivity (Wildman–Crippen MR) is 370 cm³/mol. The molecule has 21 nitrogen and oxygen atoms in total. The van der Waals surface area contributed by atoms with Gasteiger partial charge in [-0.1, -0.05) is 162 Å². The summed E-state index contributed by atoms with van der Waals surface area (Å²) in [6, 6.07) is 39.2. The van der Waals surface area contributed by atoms with Crippen LogP contribution >= 0.6 is 23.0 Å². The van der Waals surface area contributed by atoms with Crippen LogP contribution in [0.2, 0.25) is 0 Å². The first-order valence-electron chi connectivity index (χ1n) is 28.8. The molecule has 24 heteroatoms. The Labute approximate surface area is 556 Å². The predicted octanol–water partition coefficient (Wildman–Crippen LogP) is 18.9. The van der Waals surface area contributed by atoms with Gasteiger partial charge in [0.05, 0.1) is 0 Å². The van der Waals surface area contributed by atoms with E-state index < -0.39 is 58.8 Å². The average Bonchev–Trinajstić information content (AvgIpc) is 0.728. The largest absolute Gasteiger partial charge is 0.460 e. The number of para-hydroxylation sites is 6. The number of rotatable bonds is 30. The minimum Gasteiger partial charge on any atom is -0.428 e. The number of ether oxygens (including phenoxy) is 6. The van der Waals surface area contributed by atoms with Crippen molar-refractivity contribution in [2.24, 2.45) is 13.5 Å². The SMILES string of the molecule is C=CC(=O)OC(C)=Cc1ccccc1OP1(Oc2ccccc2C=C(C)OC(=O)C=C)=NP(Oc2ccccc2C=C(C)OC(=O)C=C)(Oc2ccccc2C=C(C)OC(=O)C=C)=NP(Oc2ccccc2C=C(C)OC(=O)C=C)(Oc2ccccc2C=C(C)OC(=O)C=C)=N1. The van der Waals surface area contributed by atoms with Gasteiger partial charge in [0.1, 0.15) is 69.1 Å². The maximum atomic E-state index is 12.7. The van der Waals surface area contributed by atoms with Crippen LogP contribution in [0.3, 0.4) is 0 Å². The quantitative estimate of drug-likeness (QED) is 0.0134. The van der Waals surface area contributed by atoms with E-state index in [2.05, 4.69) is 39.5 Å². The van der Waals surface area contributed by atoms with E-state index in [1.165, 1.54) is 78.0 Å². The van der Waals surface area contributed by atoms with E-state index in [-0.39, 0.29) is 102 Å². The van der Waals surface area contributed by atoms with Gasteiger partial charge in [-0.25, -0.2) is 28.8 Å². The second kappa shape index (κ2) is 33.9. The smallest absolute Gasteiger partial charge is 0.428 e. The highest BCUT2D eigenvalue weighted by Gasteiger charge is 2.50. The lowest BCUT2D eigenvalue weighted by Crippen LogP contribution is -2.12. The van der Waals surface area contributed by atoms with Crippen molar-refractivity contribution < 1.29 is 84.3 Å². The lowest BCUT2D eigenvalue weighted by atomic mass is 10.2. The molecule has 0 amide bonds. The van der Waals surface area contributed by atoms with Crippen molar-refractivity contribution in [3.63, 3.8) is 0 Å². The number of benzene rings is 6. The molecule has 1 aliphatic heterocycles. The van der Waals surface area contributed by atoms with Gasteiger partial charge >= 0.3 is 58.8 Å². The van der Waals surface area contributed by atoms with Crippen molar-refractivity contribution in [1.29, 1.82) is 0 Å². The van der Waals surface area contributed by atoms with Crippen LogP contribution in [-0.4, -0.2) is 35.8 Å². The summed E-state index contributed by atoms with van der Waals surface area (Å²) in [4.78, 5) is 76.2. The molecule has 0 aromatic heterocycles. The number of hydrogen-bond donors (Lipinski definition) is 0. The summed E-state index contributed by atoms with van der Waals surface area (Å²) >= 11 is 0. The van der Waals surface area contributed by atoms with E-state index in [1.54, 1.807) is 146 Å². The average molecular weight is 1350 g/mol. The van der Waals surface area contributed by atoms with Crippen molar-refractivity contribution >= 4 is 95.2 Å². The van der Waals surface area contributed by atoms with Crippen LogP contribution in [0.15, 0.2) is 270 Å². The van der Waals surface area contributed by atoms with E-state index >= 15 is 0 Å². The molecule has 7 rings (SSSR count). The van der Waals surface area contributed by atoms with Gasteiger partial charge in [0.2, 0.25) is 0 Å². The van der Waals surface area contributed by atoms with Crippen molar-refractivity contribution in [1.82, 2.24) is 0 Å². The highest BCUT2D eigenvalue weighted by atomic mass is 31.3. The first kappa shape index (κ1) is 71.9. The van der Waals surface area contributed by atoms with Crippen LogP contribution in [0.4, 0.5) is 0 Å². The van der Waals surface area contributed by atoms with Crippen LogP contribution in [0, 0.1) is 0 Å². The second-order valence-corrected chi connectivity index (χ2v) is 26.0. The number of hydrogen-bond acceptors (Lipinski definition) is 21. The summed E-state index contributed by atoms with van der Waals surface area (Å²) in [5, 5.41) is 0. The molecule has 0 N–H and O–H groups in total. The molecule has 0 spiro atoms. The van der Waals surface area contributed by atoms with Gasteiger partial charge in [-0.2, -0.15) is 0 Å². The minimum absolute atomic E-state index is 0.0217. The summed E-state index contributed by atoms with van der Waals surface area (Å²) in [6.07, 6.45) is 15.0.